The monoisotopic (exact) mass is 368 g/mol. The van der Waals surface area contributed by atoms with E-state index in [1.807, 2.05) is 0 Å². The molecule has 0 saturated carbocycles. The summed E-state index contributed by atoms with van der Waals surface area (Å²) in [7, 11) is 0. The molecular weight excluding hydrogens is 357 g/mol. The number of carbonyl (C=O) groups excluding carboxylic acids is 2. The van der Waals surface area contributed by atoms with Gasteiger partial charge in [0.05, 0.1) is 0 Å². The SMILES string of the molecule is O=C(NNC(=O)c1ccc2c(c1)OCO2)c1ccc(OC(F)(F)F)cc1. The molecule has 26 heavy (non-hydrogen) atoms. The van der Waals surface area contributed by atoms with Crippen molar-refractivity contribution in [3.8, 4) is 17.2 Å². The number of hydrogen-bond acceptors (Lipinski definition) is 5. The van der Waals surface area contributed by atoms with Crippen LogP contribution in [-0.2, 0) is 0 Å². The largest absolute Gasteiger partial charge is 0.573 e. The molecule has 7 nitrogen and oxygen atoms in total. The second kappa shape index (κ2) is 6.82. The number of amides is 2. The summed E-state index contributed by atoms with van der Waals surface area (Å²) in [6.45, 7) is 0.0607. The maximum Gasteiger partial charge on any atom is 0.573 e. The predicted molar refractivity (Wildman–Crippen MR) is 80.6 cm³/mol. The lowest BCUT2D eigenvalue weighted by Gasteiger charge is -2.10. The second-order valence-electron chi connectivity index (χ2n) is 5.05. The lowest BCUT2D eigenvalue weighted by atomic mass is 10.2. The van der Waals surface area contributed by atoms with Gasteiger partial charge in [0.25, 0.3) is 11.8 Å². The Morgan fingerprint density at radius 3 is 2.12 bits per heavy atom. The van der Waals surface area contributed by atoms with E-state index in [0.717, 1.165) is 24.3 Å². The van der Waals surface area contributed by atoms with Crippen LogP contribution >= 0.6 is 0 Å². The van der Waals surface area contributed by atoms with Crippen molar-refractivity contribution in [3.05, 3.63) is 53.6 Å². The van der Waals surface area contributed by atoms with Crippen molar-refractivity contribution in [3.63, 3.8) is 0 Å². The third kappa shape index (κ3) is 4.15. The van der Waals surface area contributed by atoms with Gasteiger partial charge in [0, 0.05) is 11.1 Å². The zero-order chi connectivity index (χ0) is 18.7. The van der Waals surface area contributed by atoms with Gasteiger partial charge in [-0.3, -0.25) is 20.4 Å². The summed E-state index contributed by atoms with van der Waals surface area (Å²) in [5.74, 6) is -0.860. The Hall–Kier alpha value is -3.43. The minimum absolute atomic E-state index is 0.0329. The number of fused-ring (bicyclic) bond motifs is 1. The molecule has 3 rings (SSSR count). The number of alkyl halides is 3. The minimum Gasteiger partial charge on any atom is -0.454 e. The summed E-state index contributed by atoms with van der Waals surface area (Å²) in [6.07, 6.45) is -4.82. The van der Waals surface area contributed by atoms with Gasteiger partial charge in [-0.2, -0.15) is 0 Å². The van der Waals surface area contributed by atoms with Crippen molar-refractivity contribution in [2.75, 3.05) is 6.79 Å². The first-order valence-corrected chi connectivity index (χ1v) is 7.18. The fourth-order valence-corrected chi connectivity index (χ4v) is 2.10. The van der Waals surface area contributed by atoms with Crippen LogP contribution in [0.5, 0.6) is 17.2 Å². The molecule has 0 unspecified atom stereocenters. The predicted octanol–water partition coefficient (Wildman–Crippen LogP) is 2.39. The van der Waals surface area contributed by atoms with E-state index in [4.69, 9.17) is 9.47 Å². The van der Waals surface area contributed by atoms with E-state index in [9.17, 15) is 22.8 Å². The van der Waals surface area contributed by atoms with Crippen LogP contribution in [0.4, 0.5) is 13.2 Å². The second-order valence-corrected chi connectivity index (χ2v) is 5.05. The number of hydrazine groups is 1. The van der Waals surface area contributed by atoms with E-state index in [0.29, 0.717) is 11.5 Å². The quantitative estimate of drug-likeness (QED) is 0.813. The van der Waals surface area contributed by atoms with Crippen LogP contribution in [0.15, 0.2) is 42.5 Å². The molecule has 2 amide bonds. The van der Waals surface area contributed by atoms with Gasteiger partial charge in [-0.25, -0.2) is 0 Å². The highest BCUT2D eigenvalue weighted by Gasteiger charge is 2.31. The molecule has 2 aromatic rings. The lowest BCUT2D eigenvalue weighted by molar-refractivity contribution is -0.274. The smallest absolute Gasteiger partial charge is 0.454 e. The van der Waals surface area contributed by atoms with Gasteiger partial charge in [0.2, 0.25) is 6.79 Å². The van der Waals surface area contributed by atoms with E-state index in [1.165, 1.54) is 12.1 Å². The first kappa shape index (κ1) is 17.4. The van der Waals surface area contributed by atoms with E-state index >= 15 is 0 Å². The third-order valence-electron chi connectivity index (χ3n) is 3.27. The molecule has 0 saturated heterocycles. The van der Waals surface area contributed by atoms with Crippen LogP contribution in [0.3, 0.4) is 0 Å². The van der Waals surface area contributed by atoms with E-state index in [1.54, 1.807) is 6.07 Å². The van der Waals surface area contributed by atoms with Crippen LogP contribution in [0.25, 0.3) is 0 Å². The molecule has 2 N–H and O–H groups in total. The van der Waals surface area contributed by atoms with Crippen molar-refractivity contribution in [1.29, 1.82) is 0 Å². The molecule has 1 aliphatic rings. The summed E-state index contributed by atoms with van der Waals surface area (Å²) in [5.41, 5.74) is 4.61. The van der Waals surface area contributed by atoms with Gasteiger partial charge in [-0.05, 0) is 42.5 Å². The average Bonchev–Trinajstić information content (AvgIpc) is 3.06. The van der Waals surface area contributed by atoms with Crippen molar-refractivity contribution in [1.82, 2.24) is 10.9 Å². The average molecular weight is 368 g/mol. The van der Waals surface area contributed by atoms with Gasteiger partial charge in [-0.1, -0.05) is 0 Å². The summed E-state index contributed by atoms with van der Waals surface area (Å²) in [4.78, 5) is 24.0. The maximum atomic E-state index is 12.1. The van der Waals surface area contributed by atoms with Crippen molar-refractivity contribution < 1.29 is 37.0 Å². The van der Waals surface area contributed by atoms with Gasteiger partial charge < -0.3 is 14.2 Å². The third-order valence-corrected chi connectivity index (χ3v) is 3.27. The number of rotatable bonds is 3. The molecule has 0 fully saturated rings. The summed E-state index contributed by atoms with van der Waals surface area (Å²) in [5, 5.41) is 0. The van der Waals surface area contributed by atoms with Crippen LogP contribution in [0.1, 0.15) is 20.7 Å². The number of carbonyl (C=O) groups is 2. The molecule has 0 spiro atoms. The number of nitrogens with one attached hydrogen (secondary N) is 2. The van der Waals surface area contributed by atoms with E-state index in [-0.39, 0.29) is 17.9 Å². The highest BCUT2D eigenvalue weighted by molar-refractivity contribution is 5.99. The number of benzene rings is 2. The zero-order valence-corrected chi connectivity index (χ0v) is 12.9. The van der Waals surface area contributed by atoms with Gasteiger partial charge >= 0.3 is 6.36 Å². The molecule has 0 bridgehead atoms. The number of hydrogen-bond donors (Lipinski definition) is 2. The highest BCUT2D eigenvalue weighted by Crippen LogP contribution is 2.32. The van der Waals surface area contributed by atoms with Gasteiger partial charge in [0.1, 0.15) is 5.75 Å². The summed E-state index contributed by atoms with van der Waals surface area (Å²) < 4.78 is 50.2. The van der Waals surface area contributed by atoms with Gasteiger partial charge in [-0.15, -0.1) is 13.2 Å². The first-order chi connectivity index (χ1) is 12.3. The van der Waals surface area contributed by atoms with Crippen LogP contribution in [-0.4, -0.2) is 25.0 Å². The molecule has 0 aliphatic carbocycles. The van der Waals surface area contributed by atoms with Crippen LogP contribution < -0.4 is 25.1 Å². The Kier molecular flexibility index (Phi) is 4.57. The fourth-order valence-electron chi connectivity index (χ4n) is 2.10. The van der Waals surface area contributed by atoms with Crippen molar-refractivity contribution >= 4 is 11.8 Å². The Bertz CT molecular complexity index is 837. The molecule has 136 valence electrons. The van der Waals surface area contributed by atoms with E-state index in [2.05, 4.69) is 15.6 Å². The van der Waals surface area contributed by atoms with Crippen molar-refractivity contribution in [2.24, 2.45) is 0 Å². The number of ether oxygens (including phenoxy) is 3. The molecule has 1 aliphatic heterocycles. The normalized spacial score (nSPS) is 12.4. The zero-order valence-electron chi connectivity index (χ0n) is 12.9. The molecule has 10 heteroatoms. The lowest BCUT2D eigenvalue weighted by Crippen LogP contribution is -2.41. The molecule has 0 aromatic heterocycles. The highest BCUT2D eigenvalue weighted by atomic mass is 19.4. The molecule has 1 heterocycles. The van der Waals surface area contributed by atoms with Crippen molar-refractivity contribution in [2.45, 2.75) is 6.36 Å². The summed E-state index contributed by atoms with van der Waals surface area (Å²) in [6, 6.07) is 8.72. The van der Waals surface area contributed by atoms with Crippen LogP contribution in [0.2, 0.25) is 0 Å². The van der Waals surface area contributed by atoms with E-state index < -0.39 is 23.9 Å². The first-order valence-electron chi connectivity index (χ1n) is 7.18. The molecule has 2 aromatic carbocycles. The Labute approximate surface area is 144 Å². The number of halogens is 3. The molecule has 0 atom stereocenters. The van der Waals surface area contributed by atoms with Gasteiger partial charge in [0.15, 0.2) is 11.5 Å². The Morgan fingerprint density at radius 2 is 1.46 bits per heavy atom. The Balaban J connectivity index is 1.57. The molecule has 0 radical (unpaired) electrons. The Morgan fingerprint density at radius 1 is 0.885 bits per heavy atom. The minimum atomic E-state index is -4.82. The summed E-state index contributed by atoms with van der Waals surface area (Å²) >= 11 is 0. The maximum absolute atomic E-state index is 12.1. The van der Waals surface area contributed by atoms with Crippen LogP contribution in [0, 0.1) is 0 Å². The molecular formula is C16H11F3N2O5. The standard InChI is InChI=1S/C16H11F3N2O5/c17-16(18,19)26-11-4-1-9(2-5-11)14(22)20-21-15(23)10-3-6-12-13(7-10)25-8-24-12/h1-7H,8H2,(H,20,22)(H,21,23). The fraction of sp³-hybridized carbons (Fsp3) is 0.125. The topological polar surface area (TPSA) is 85.9 Å².